The maximum Gasteiger partial charge on any atom is 0.311 e. The molecule has 2 heterocycles. The van der Waals surface area contributed by atoms with E-state index in [9.17, 15) is 9.90 Å². The first-order chi connectivity index (χ1) is 8.77. The van der Waals surface area contributed by atoms with Gasteiger partial charge in [-0.05, 0) is 36.5 Å². The number of aliphatic carboxylic acids is 1. The topological polar surface area (TPSA) is 40.5 Å². The molecule has 2 unspecified atom stereocenters. The van der Waals surface area contributed by atoms with E-state index in [2.05, 4.69) is 32.6 Å². The molecular formula is C15H27NO2S. The van der Waals surface area contributed by atoms with Crippen LogP contribution in [0.25, 0.3) is 0 Å². The molecule has 2 aliphatic heterocycles. The Bertz CT molecular complexity index is 356. The first-order valence-electron chi connectivity index (χ1n) is 7.32. The minimum Gasteiger partial charge on any atom is -0.481 e. The lowest BCUT2D eigenvalue weighted by molar-refractivity contribution is -0.151. The van der Waals surface area contributed by atoms with Gasteiger partial charge in [0, 0.05) is 18.3 Å². The maximum atomic E-state index is 11.7. The number of thioether (sulfide) groups is 1. The van der Waals surface area contributed by atoms with Crippen molar-refractivity contribution in [1.29, 1.82) is 0 Å². The van der Waals surface area contributed by atoms with E-state index < -0.39 is 11.4 Å². The van der Waals surface area contributed by atoms with Gasteiger partial charge in [-0.3, -0.25) is 9.69 Å². The zero-order valence-electron chi connectivity index (χ0n) is 12.6. The van der Waals surface area contributed by atoms with Gasteiger partial charge in [0.05, 0.1) is 5.41 Å². The van der Waals surface area contributed by atoms with Crippen molar-refractivity contribution in [3.8, 4) is 0 Å². The predicted molar refractivity (Wildman–Crippen MR) is 80.6 cm³/mol. The monoisotopic (exact) mass is 285 g/mol. The third kappa shape index (κ3) is 2.94. The standard InChI is InChI=1S/C15H27NO2S/c1-11(2)15(13(17)18)5-6-16(9-15)12-7-14(3,4)10-19-8-12/h11-12H,5-10H2,1-4H3,(H,17,18). The van der Waals surface area contributed by atoms with Crippen LogP contribution in [0.3, 0.4) is 0 Å². The van der Waals surface area contributed by atoms with Crippen molar-refractivity contribution >= 4 is 17.7 Å². The maximum absolute atomic E-state index is 11.7. The molecule has 2 saturated heterocycles. The molecule has 2 atom stereocenters. The molecule has 0 bridgehead atoms. The number of carboxylic acid groups (broad SMARTS) is 1. The third-order valence-electron chi connectivity index (χ3n) is 4.97. The molecule has 0 aromatic carbocycles. The fraction of sp³-hybridized carbons (Fsp3) is 0.933. The van der Waals surface area contributed by atoms with E-state index >= 15 is 0 Å². The summed E-state index contributed by atoms with van der Waals surface area (Å²) in [5, 5.41) is 9.62. The van der Waals surface area contributed by atoms with Gasteiger partial charge in [0.2, 0.25) is 0 Å². The SMILES string of the molecule is CC(C)C1(C(=O)O)CCN(C2CSCC(C)(C)C2)C1. The van der Waals surface area contributed by atoms with Crippen molar-refractivity contribution in [1.82, 2.24) is 4.90 Å². The van der Waals surface area contributed by atoms with Crippen LogP contribution in [0.5, 0.6) is 0 Å². The number of likely N-dealkylation sites (tertiary alicyclic amines) is 1. The van der Waals surface area contributed by atoms with Gasteiger partial charge in [-0.2, -0.15) is 11.8 Å². The van der Waals surface area contributed by atoms with Crippen LogP contribution in [0.1, 0.15) is 40.5 Å². The van der Waals surface area contributed by atoms with Crippen molar-refractivity contribution in [2.24, 2.45) is 16.7 Å². The van der Waals surface area contributed by atoms with E-state index in [0.717, 1.165) is 25.3 Å². The number of carboxylic acids is 1. The highest BCUT2D eigenvalue weighted by atomic mass is 32.2. The van der Waals surface area contributed by atoms with Gasteiger partial charge in [0.25, 0.3) is 0 Å². The molecule has 2 fully saturated rings. The smallest absolute Gasteiger partial charge is 0.311 e. The highest BCUT2D eigenvalue weighted by Gasteiger charge is 2.49. The molecule has 0 aliphatic carbocycles. The number of hydrogen-bond donors (Lipinski definition) is 1. The number of rotatable bonds is 3. The fourth-order valence-corrected chi connectivity index (χ4v) is 4.92. The molecule has 0 aromatic heterocycles. The number of nitrogens with zero attached hydrogens (tertiary/aromatic N) is 1. The summed E-state index contributed by atoms with van der Waals surface area (Å²) in [7, 11) is 0. The van der Waals surface area contributed by atoms with Gasteiger partial charge in [-0.15, -0.1) is 0 Å². The highest BCUT2D eigenvalue weighted by molar-refractivity contribution is 7.99. The van der Waals surface area contributed by atoms with Gasteiger partial charge in [-0.25, -0.2) is 0 Å². The van der Waals surface area contributed by atoms with E-state index in [1.54, 1.807) is 0 Å². The van der Waals surface area contributed by atoms with Gasteiger partial charge in [0.15, 0.2) is 0 Å². The minimum absolute atomic E-state index is 0.208. The predicted octanol–water partition coefficient (Wildman–Crippen LogP) is 2.95. The molecule has 4 heteroatoms. The summed E-state index contributed by atoms with van der Waals surface area (Å²) in [6, 6.07) is 0.564. The first-order valence-corrected chi connectivity index (χ1v) is 8.47. The quantitative estimate of drug-likeness (QED) is 0.865. The summed E-state index contributed by atoms with van der Waals surface area (Å²) in [5.41, 5.74) is -0.133. The molecule has 110 valence electrons. The lowest BCUT2D eigenvalue weighted by Crippen LogP contribution is -2.45. The Hall–Kier alpha value is -0.220. The van der Waals surface area contributed by atoms with E-state index in [1.165, 1.54) is 12.2 Å². The molecule has 0 aromatic rings. The lowest BCUT2D eigenvalue weighted by atomic mass is 9.76. The van der Waals surface area contributed by atoms with Crippen LogP contribution in [-0.2, 0) is 4.79 Å². The van der Waals surface area contributed by atoms with E-state index in [4.69, 9.17) is 0 Å². The van der Waals surface area contributed by atoms with Crippen LogP contribution in [0.2, 0.25) is 0 Å². The Morgan fingerprint density at radius 1 is 1.42 bits per heavy atom. The van der Waals surface area contributed by atoms with Crippen molar-refractivity contribution in [3.05, 3.63) is 0 Å². The Morgan fingerprint density at radius 2 is 2.11 bits per heavy atom. The van der Waals surface area contributed by atoms with Crippen LogP contribution in [0.15, 0.2) is 0 Å². The summed E-state index contributed by atoms with van der Waals surface area (Å²) >= 11 is 2.02. The van der Waals surface area contributed by atoms with Crippen LogP contribution < -0.4 is 0 Å². The van der Waals surface area contributed by atoms with Crippen molar-refractivity contribution < 1.29 is 9.90 Å². The molecule has 0 saturated carbocycles. The van der Waals surface area contributed by atoms with Gasteiger partial charge in [0.1, 0.15) is 0 Å². The molecule has 0 spiro atoms. The summed E-state index contributed by atoms with van der Waals surface area (Å²) in [5.74, 6) is 2.00. The van der Waals surface area contributed by atoms with Crippen LogP contribution in [0, 0.1) is 16.7 Å². The van der Waals surface area contributed by atoms with E-state index in [-0.39, 0.29) is 5.92 Å². The van der Waals surface area contributed by atoms with Crippen molar-refractivity contribution in [3.63, 3.8) is 0 Å². The molecular weight excluding hydrogens is 258 g/mol. The highest BCUT2D eigenvalue weighted by Crippen LogP contribution is 2.42. The van der Waals surface area contributed by atoms with Crippen LogP contribution in [-0.4, -0.2) is 46.6 Å². The number of carbonyl (C=O) groups is 1. The molecule has 19 heavy (non-hydrogen) atoms. The second kappa shape index (κ2) is 5.28. The zero-order chi connectivity index (χ0) is 14.3. The fourth-order valence-electron chi connectivity index (χ4n) is 3.53. The van der Waals surface area contributed by atoms with Crippen molar-refractivity contribution in [2.45, 2.75) is 46.6 Å². The van der Waals surface area contributed by atoms with Gasteiger partial charge < -0.3 is 5.11 Å². The van der Waals surface area contributed by atoms with Crippen molar-refractivity contribution in [2.75, 3.05) is 24.6 Å². The summed E-state index contributed by atoms with van der Waals surface area (Å²) in [4.78, 5) is 14.1. The summed E-state index contributed by atoms with van der Waals surface area (Å²) < 4.78 is 0. The summed E-state index contributed by atoms with van der Waals surface area (Å²) in [6.07, 6.45) is 2.01. The Balaban J connectivity index is 2.07. The molecule has 1 N–H and O–H groups in total. The average Bonchev–Trinajstić information content (AvgIpc) is 2.73. The molecule has 2 aliphatic rings. The van der Waals surface area contributed by atoms with Crippen LogP contribution >= 0.6 is 11.8 Å². The van der Waals surface area contributed by atoms with E-state index in [1.807, 2.05) is 11.8 Å². The van der Waals surface area contributed by atoms with Crippen LogP contribution in [0.4, 0.5) is 0 Å². The molecule has 2 rings (SSSR count). The largest absolute Gasteiger partial charge is 0.481 e. The normalized spacial score (nSPS) is 35.7. The Kier molecular flexibility index (Phi) is 4.22. The Labute approximate surface area is 121 Å². The summed E-state index contributed by atoms with van der Waals surface area (Å²) in [6.45, 7) is 10.5. The molecule has 0 amide bonds. The first kappa shape index (κ1) is 15.2. The van der Waals surface area contributed by atoms with E-state index in [0.29, 0.717) is 11.5 Å². The minimum atomic E-state index is -0.604. The van der Waals surface area contributed by atoms with Gasteiger partial charge in [-0.1, -0.05) is 27.7 Å². The second-order valence-electron chi connectivity index (χ2n) is 7.37. The Morgan fingerprint density at radius 3 is 2.58 bits per heavy atom. The lowest BCUT2D eigenvalue weighted by Gasteiger charge is -2.40. The average molecular weight is 285 g/mol. The molecule has 0 radical (unpaired) electrons. The molecule has 3 nitrogen and oxygen atoms in total. The third-order valence-corrected chi connectivity index (χ3v) is 6.58. The second-order valence-corrected chi connectivity index (χ2v) is 8.40. The number of hydrogen-bond acceptors (Lipinski definition) is 3. The zero-order valence-corrected chi connectivity index (χ0v) is 13.4. The van der Waals surface area contributed by atoms with Gasteiger partial charge >= 0.3 is 5.97 Å².